The standard InChI is InChI=1S/C24H22N2O/c1-3-18-11-14-23-21(15-18)22(26-25-20-7-5-4-6-8-20)16-24(27-23)19-12-9-17(2)10-13-19/h4-16,25H,3H2,1-2H3/b26-22-. The van der Waals surface area contributed by atoms with E-state index >= 15 is 0 Å². The molecule has 0 aliphatic heterocycles. The molecule has 0 saturated heterocycles. The third-order valence-electron chi connectivity index (χ3n) is 4.63. The molecule has 0 fully saturated rings. The third kappa shape index (κ3) is 3.77. The van der Waals surface area contributed by atoms with Gasteiger partial charge in [0.1, 0.15) is 11.3 Å². The number of rotatable bonds is 4. The van der Waals surface area contributed by atoms with Crippen molar-refractivity contribution in [2.75, 3.05) is 5.43 Å². The van der Waals surface area contributed by atoms with E-state index < -0.39 is 0 Å². The molecule has 134 valence electrons. The molecule has 0 unspecified atom stereocenters. The van der Waals surface area contributed by atoms with Crippen LogP contribution in [0.5, 0.6) is 0 Å². The maximum absolute atomic E-state index is 6.19. The van der Waals surface area contributed by atoms with Crippen LogP contribution >= 0.6 is 0 Å². The lowest BCUT2D eigenvalue weighted by Crippen LogP contribution is -2.08. The van der Waals surface area contributed by atoms with E-state index in [1.54, 1.807) is 0 Å². The molecule has 0 atom stereocenters. The number of fused-ring (bicyclic) bond motifs is 1. The molecule has 0 saturated carbocycles. The van der Waals surface area contributed by atoms with E-state index in [9.17, 15) is 0 Å². The average molecular weight is 354 g/mol. The minimum absolute atomic E-state index is 0.806. The lowest BCUT2D eigenvalue weighted by atomic mass is 10.1. The number of para-hydroxylation sites is 1. The molecule has 1 heterocycles. The van der Waals surface area contributed by atoms with Crippen molar-refractivity contribution < 1.29 is 4.42 Å². The second-order valence-electron chi connectivity index (χ2n) is 6.64. The average Bonchev–Trinajstić information content (AvgIpc) is 2.72. The summed E-state index contributed by atoms with van der Waals surface area (Å²) in [6.45, 7) is 4.23. The molecule has 1 aromatic heterocycles. The molecule has 1 N–H and O–H groups in total. The van der Waals surface area contributed by atoms with Crippen molar-refractivity contribution >= 4 is 16.7 Å². The molecule has 4 aromatic rings. The number of aryl methyl sites for hydroxylation is 2. The van der Waals surface area contributed by atoms with E-state index in [2.05, 4.69) is 60.8 Å². The van der Waals surface area contributed by atoms with Gasteiger partial charge in [-0.25, -0.2) is 0 Å². The summed E-state index contributed by atoms with van der Waals surface area (Å²) >= 11 is 0. The van der Waals surface area contributed by atoms with E-state index in [0.717, 1.165) is 39.8 Å². The van der Waals surface area contributed by atoms with Crippen LogP contribution in [0, 0.1) is 6.92 Å². The van der Waals surface area contributed by atoms with Gasteiger partial charge in [0.05, 0.1) is 11.0 Å². The molecule has 27 heavy (non-hydrogen) atoms. The second kappa shape index (κ2) is 7.50. The van der Waals surface area contributed by atoms with Crippen molar-refractivity contribution in [2.24, 2.45) is 5.10 Å². The maximum atomic E-state index is 6.19. The number of nitrogens with one attached hydrogen (secondary N) is 1. The lowest BCUT2D eigenvalue weighted by Gasteiger charge is -2.07. The van der Waals surface area contributed by atoms with Gasteiger partial charge in [-0.3, -0.25) is 5.43 Å². The fourth-order valence-corrected chi connectivity index (χ4v) is 3.03. The van der Waals surface area contributed by atoms with E-state index in [0.29, 0.717) is 0 Å². The fourth-order valence-electron chi connectivity index (χ4n) is 3.03. The molecule has 0 amide bonds. The summed E-state index contributed by atoms with van der Waals surface area (Å²) in [5, 5.41) is 6.55. The van der Waals surface area contributed by atoms with Crippen LogP contribution < -0.4 is 10.8 Å². The highest BCUT2D eigenvalue weighted by Gasteiger charge is 2.07. The van der Waals surface area contributed by atoms with Crippen LogP contribution in [0.3, 0.4) is 0 Å². The first-order valence-electron chi connectivity index (χ1n) is 9.21. The van der Waals surface area contributed by atoms with Gasteiger partial charge in [-0.2, -0.15) is 5.10 Å². The van der Waals surface area contributed by atoms with Gasteiger partial charge in [0.25, 0.3) is 0 Å². The van der Waals surface area contributed by atoms with E-state index in [1.807, 2.05) is 42.5 Å². The fraction of sp³-hybridized carbons (Fsp3) is 0.125. The molecule has 0 spiro atoms. The third-order valence-corrected chi connectivity index (χ3v) is 4.63. The van der Waals surface area contributed by atoms with Crippen LogP contribution in [-0.2, 0) is 6.42 Å². The summed E-state index contributed by atoms with van der Waals surface area (Å²) in [5.41, 5.74) is 8.47. The van der Waals surface area contributed by atoms with Gasteiger partial charge in [-0.05, 0) is 43.2 Å². The van der Waals surface area contributed by atoms with Gasteiger partial charge < -0.3 is 4.42 Å². The van der Waals surface area contributed by atoms with Gasteiger partial charge >= 0.3 is 0 Å². The van der Waals surface area contributed by atoms with Crippen LogP contribution in [0.4, 0.5) is 5.69 Å². The maximum Gasteiger partial charge on any atom is 0.136 e. The Morgan fingerprint density at radius 1 is 0.889 bits per heavy atom. The summed E-state index contributed by atoms with van der Waals surface area (Å²) in [7, 11) is 0. The molecule has 4 rings (SSSR count). The molecular formula is C24H22N2O. The molecular weight excluding hydrogens is 332 g/mol. The van der Waals surface area contributed by atoms with Gasteiger partial charge in [-0.15, -0.1) is 0 Å². The molecule has 0 bridgehead atoms. The van der Waals surface area contributed by atoms with Crippen LogP contribution in [0.2, 0.25) is 0 Å². The van der Waals surface area contributed by atoms with Crippen LogP contribution in [0.1, 0.15) is 18.1 Å². The zero-order chi connectivity index (χ0) is 18.6. The Balaban J connectivity index is 1.88. The van der Waals surface area contributed by atoms with Gasteiger partial charge in [-0.1, -0.05) is 61.0 Å². The van der Waals surface area contributed by atoms with Crippen LogP contribution in [-0.4, -0.2) is 0 Å². The molecule has 3 heteroatoms. The SMILES string of the molecule is CCc1ccc2oc(-c3ccc(C)cc3)c/c(=N/Nc3ccccc3)c2c1. The smallest absolute Gasteiger partial charge is 0.136 e. The Morgan fingerprint density at radius 2 is 1.67 bits per heavy atom. The van der Waals surface area contributed by atoms with Gasteiger partial charge in [0, 0.05) is 17.0 Å². The number of anilines is 1. The number of hydrogen-bond acceptors (Lipinski definition) is 3. The Bertz CT molecular complexity index is 1130. The summed E-state index contributed by atoms with van der Waals surface area (Å²) in [6, 6.07) is 26.6. The predicted octanol–water partition coefficient (Wildman–Crippen LogP) is 5.90. The van der Waals surface area contributed by atoms with E-state index in [1.165, 1.54) is 11.1 Å². The van der Waals surface area contributed by atoms with Crippen molar-refractivity contribution in [3.05, 3.63) is 95.3 Å². The number of hydrogen-bond donors (Lipinski definition) is 1. The van der Waals surface area contributed by atoms with Gasteiger partial charge in [0.2, 0.25) is 0 Å². The van der Waals surface area contributed by atoms with Crippen molar-refractivity contribution in [2.45, 2.75) is 20.3 Å². The second-order valence-corrected chi connectivity index (χ2v) is 6.64. The molecule has 3 nitrogen and oxygen atoms in total. The van der Waals surface area contributed by atoms with Crippen molar-refractivity contribution in [1.82, 2.24) is 0 Å². The Hall–Kier alpha value is -3.33. The zero-order valence-corrected chi connectivity index (χ0v) is 15.6. The van der Waals surface area contributed by atoms with Crippen molar-refractivity contribution in [3.8, 4) is 11.3 Å². The predicted molar refractivity (Wildman–Crippen MR) is 111 cm³/mol. The lowest BCUT2D eigenvalue weighted by molar-refractivity contribution is 0.618. The largest absolute Gasteiger partial charge is 0.456 e. The zero-order valence-electron chi connectivity index (χ0n) is 15.6. The Kier molecular flexibility index (Phi) is 4.75. The molecule has 0 aliphatic carbocycles. The number of nitrogens with zero attached hydrogens (tertiary/aromatic N) is 1. The molecule has 3 aromatic carbocycles. The number of benzene rings is 3. The summed E-state index contributed by atoms with van der Waals surface area (Å²) in [5.74, 6) is 0.806. The first-order chi connectivity index (χ1) is 13.2. The van der Waals surface area contributed by atoms with Crippen molar-refractivity contribution in [1.29, 1.82) is 0 Å². The summed E-state index contributed by atoms with van der Waals surface area (Å²) in [6.07, 6.45) is 0.973. The molecule has 0 radical (unpaired) electrons. The van der Waals surface area contributed by atoms with E-state index in [4.69, 9.17) is 4.42 Å². The van der Waals surface area contributed by atoms with Crippen molar-refractivity contribution in [3.63, 3.8) is 0 Å². The Morgan fingerprint density at radius 3 is 2.41 bits per heavy atom. The Labute approximate surface area is 159 Å². The molecule has 0 aliphatic rings. The first-order valence-corrected chi connectivity index (χ1v) is 9.21. The highest BCUT2D eigenvalue weighted by atomic mass is 16.3. The normalized spacial score (nSPS) is 11.7. The first kappa shape index (κ1) is 17.1. The van der Waals surface area contributed by atoms with Crippen LogP contribution in [0.25, 0.3) is 22.3 Å². The minimum Gasteiger partial charge on any atom is -0.456 e. The quantitative estimate of drug-likeness (QED) is 0.463. The summed E-state index contributed by atoms with van der Waals surface area (Å²) in [4.78, 5) is 0. The monoisotopic (exact) mass is 354 g/mol. The summed E-state index contributed by atoms with van der Waals surface area (Å²) < 4.78 is 6.19. The van der Waals surface area contributed by atoms with Gasteiger partial charge in [0.15, 0.2) is 0 Å². The topological polar surface area (TPSA) is 37.5 Å². The van der Waals surface area contributed by atoms with E-state index in [-0.39, 0.29) is 0 Å². The highest BCUT2D eigenvalue weighted by Crippen LogP contribution is 2.23. The highest BCUT2D eigenvalue weighted by molar-refractivity contribution is 5.79. The van der Waals surface area contributed by atoms with Crippen LogP contribution in [0.15, 0.2) is 88.4 Å². The minimum atomic E-state index is 0.806.